The second kappa shape index (κ2) is 6.07. The van der Waals surface area contributed by atoms with Gasteiger partial charge in [0.15, 0.2) is 0 Å². The first-order valence-electron chi connectivity index (χ1n) is 6.76. The van der Waals surface area contributed by atoms with E-state index in [0.717, 1.165) is 22.4 Å². The van der Waals surface area contributed by atoms with Gasteiger partial charge < -0.3 is 4.74 Å². The molecule has 1 atom stereocenters. The number of hydrogen-bond acceptors (Lipinski definition) is 3. The molecule has 0 aromatic heterocycles. The van der Waals surface area contributed by atoms with Crippen molar-refractivity contribution in [3.63, 3.8) is 0 Å². The molecule has 0 aliphatic rings. The number of rotatable bonds is 4. The van der Waals surface area contributed by atoms with Crippen LogP contribution in [0.5, 0.6) is 5.75 Å². The summed E-state index contributed by atoms with van der Waals surface area (Å²) in [4.78, 5) is 0. The Morgan fingerprint density at radius 1 is 0.950 bits per heavy atom. The predicted octanol–water partition coefficient (Wildman–Crippen LogP) is 3.17. The van der Waals surface area contributed by atoms with Gasteiger partial charge in [-0.3, -0.25) is 5.84 Å². The van der Waals surface area contributed by atoms with Gasteiger partial charge in [-0.1, -0.05) is 36.4 Å². The fraction of sp³-hybridized carbons (Fsp3) is 0.294. The summed E-state index contributed by atoms with van der Waals surface area (Å²) >= 11 is 0. The van der Waals surface area contributed by atoms with Crippen molar-refractivity contribution >= 4 is 0 Å². The minimum atomic E-state index is -0.0783. The van der Waals surface area contributed by atoms with Gasteiger partial charge in [-0.25, -0.2) is 5.43 Å². The van der Waals surface area contributed by atoms with Crippen molar-refractivity contribution in [2.45, 2.75) is 26.8 Å². The molecule has 0 radical (unpaired) electrons. The summed E-state index contributed by atoms with van der Waals surface area (Å²) in [6.45, 7) is 6.25. The van der Waals surface area contributed by atoms with Crippen molar-refractivity contribution in [3.05, 3.63) is 64.2 Å². The van der Waals surface area contributed by atoms with E-state index in [1.165, 1.54) is 11.1 Å². The molecule has 0 aliphatic carbocycles. The van der Waals surface area contributed by atoms with Gasteiger partial charge in [0, 0.05) is 5.56 Å². The molecule has 0 saturated carbocycles. The van der Waals surface area contributed by atoms with Crippen LogP contribution in [0.4, 0.5) is 0 Å². The Morgan fingerprint density at radius 3 is 2.25 bits per heavy atom. The number of methoxy groups -OCH3 is 1. The van der Waals surface area contributed by atoms with Crippen LogP contribution >= 0.6 is 0 Å². The van der Waals surface area contributed by atoms with E-state index in [9.17, 15) is 0 Å². The fourth-order valence-electron chi connectivity index (χ4n) is 2.57. The molecule has 0 fully saturated rings. The lowest BCUT2D eigenvalue weighted by Gasteiger charge is -2.23. The Hall–Kier alpha value is -1.84. The van der Waals surface area contributed by atoms with E-state index in [0.29, 0.717) is 0 Å². The minimum Gasteiger partial charge on any atom is -0.496 e. The number of nitrogens with one attached hydrogen (secondary N) is 1. The van der Waals surface area contributed by atoms with Crippen molar-refractivity contribution in [2.24, 2.45) is 5.84 Å². The molecule has 3 nitrogen and oxygen atoms in total. The summed E-state index contributed by atoms with van der Waals surface area (Å²) in [7, 11) is 1.71. The molecular weight excluding hydrogens is 248 g/mol. The molecule has 2 aromatic carbocycles. The zero-order valence-corrected chi connectivity index (χ0v) is 12.5. The third-order valence-corrected chi connectivity index (χ3v) is 3.89. The van der Waals surface area contributed by atoms with Crippen LogP contribution in [-0.4, -0.2) is 7.11 Å². The lowest BCUT2D eigenvalue weighted by Crippen LogP contribution is -2.29. The Balaban J connectivity index is 2.59. The molecule has 0 heterocycles. The minimum absolute atomic E-state index is 0.0783. The van der Waals surface area contributed by atoms with Gasteiger partial charge in [-0.2, -0.15) is 0 Å². The normalized spacial score (nSPS) is 12.2. The SMILES string of the molecule is COc1c(C(NN)c2ccccc2C)ccc(C)c1C. The summed E-state index contributed by atoms with van der Waals surface area (Å²) in [6.07, 6.45) is 0. The molecule has 2 rings (SSSR count). The average molecular weight is 270 g/mol. The Kier molecular flexibility index (Phi) is 4.42. The van der Waals surface area contributed by atoms with E-state index >= 15 is 0 Å². The second-order valence-electron chi connectivity index (χ2n) is 5.09. The van der Waals surface area contributed by atoms with E-state index < -0.39 is 0 Å². The zero-order valence-electron chi connectivity index (χ0n) is 12.5. The highest BCUT2D eigenvalue weighted by Gasteiger charge is 2.20. The summed E-state index contributed by atoms with van der Waals surface area (Å²) in [5.41, 5.74) is 8.71. The first-order valence-corrected chi connectivity index (χ1v) is 6.76. The average Bonchev–Trinajstić information content (AvgIpc) is 2.45. The quantitative estimate of drug-likeness (QED) is 0.662. The molecule has 0 spiro atoms. The highest BCUT2D eigenvalue weighted by Crippen LogP contribution is 2.34. The first kappa shape index (κ1) is 14.6. The van der Waals surface area contributed by atoms with Crippen LogP contribution in [0.2, 0.25) is 0 Å². The van der Waals surface area contributed by atoms with Gasteiger partial charge in [0.05, 0.1) is 13.2 Å². The van der Waals surface area contributed by atoms with E-state index in [2.05, 4.69) is 50.5 Å². The van der Waals surface area contributed by atoms with Crippen LogP contribution in [0.15, 0.2) is 36.4 Å². The van der Waals surface area contributed by atoms with E-state index in [4.69, 9.17) is 10.6 Å². The highest BCUT2D eigenvalue weighted by molar-refractivity contribution is 5.50. The lowest BCUT2D eigenvalue weighted by atomic mass is 9.92. The van der Waals surface area contributed by atoms with Crippen LogP contribution in [0.3, 0.4) is 0 Å². The van der Waals surface area contributed by atoms with Crippen molar-refractivity contribution in [2.75, 3.05) is 7.11 Å². The van der Waals surface area contributed by atoms with E-state index in [1.54, 1.807) is 7.11 Å². The highest BCUT2D eigenvalue weighted by atomic mass is 16.5. The van der Waals surface area contributed by atoms with Crippen molar-refractivity contribution in [1.29, 1.82) is 0 Å². The van der Waals surface area contributed by atoms with E-state index in [-0.39, 0.29) is 6.04 Å². The Morgan fingerprint density at radius 2 is 1.65 bits per heavy atom. The van der Waals surface area contributed by atoms with Crippen LogP contribution in [0.1, 0.15) is 33.9 Å². The van der Waals surface area contributed by atoms with Crippen LogP contribution < -0.4 is 16.0 Å². The standard InChI is InChI=1S/C17H22N2O/c1-11-9-10-15(17(20-4)13(11)3)16(19-18)14-8-6-5-7-12(14)2/h5-10,16,19H,18H2,1-4H3. The van der Waals surface area contributed by atoms with Crippen molar-refractivity contribution in [3.8, 4) is 5.75 Å². The molecule has 106 valence electrons. The zero-order chi connectivity index (χ0) is 14.7. The molecular formula is C17H22N2O. The maximum atomic E-state index is 5.81. The van der Waals surface area contributed by atoms with Gasteiger partial charge in [0.1, 0.15) is 5.75 Å². The predicted molar refractivity (Wildman–Crippen MR) is 82.8 cm³/mol. The monoisotopic (exact) mass is 270 g/mol. The number of nitrogens with two attached hydrogens (primary N) is 1. The first-order chi connectivity index (χ1) is 9.60. The number of aryl methyl sites for hydroxylation is 2. The van der Waals surface area contributed by atoms with Crippen molar-refractivity contribution in [1.82, 2.24) is 5.43 Å². The summed E-state index contributed by atoms with van der Waals surface area (Å²) < 4.78 is 5.61. The molecule has 20 heavy (non-hydrogen) atoms. The maximum Gasteiger partial charge on any atom is 0.127 e. The fourth-order valence-corrected chi connectivity index (χ4v) is 2.57. The summed E-state index contributed by atoms with van der Waals surface area (Å²) in [5.74, 6) is 6.71. The van der Waals surface area contributed by atoms with E-state index in [1.807, 2.05) is 12.1 Å². The Labute approximate surface area is 120 Å². The van der Waals surface area contributed by atoms with Gasteiger partial charge in [-0.05, 0) is 43.0 Å². The van der Waals surface area contributed by atoms with Crippen molar-refractivity contribution < 1.29 is 4.74 Å². The summed E-state index contributed by atoms with van der Waals surface area (Å²) in [5, 5.41) is 0. The number of ether oxygens (including phenoxy) is 1. The molecule has 0 bridgehead atoms. The molecule has 1 unspecified atom stereocenters. The number of benzene rings is 2. The third kappa shape index (κ3) is 2.55. The molecule has 0 amide bonds. The van der Waals surface area contributed by atoms with Gasteiger partial charge >= 0.3 is 0 Å². The molecule has 2 aromatic rings. The summed E-state index contributed by atoms with van der Waals surface area (Å²) in [6, 6.07) is 12.4. The largest absolute Gasteiger partial charge is 0.496 e. The number of hydrogen-bond donors (Lipinski definition) is 2. The lowest BCUT2D eigenvalue weighted by molar-refractivity contribution is 0.400. The maximum absolute atomic E-state index is 5.81. The van der Waals surface area contributed by atoms with Gasteiger partial charge in [0.2, 0.25) is 0 Å². The Bertz CT molecular complexity index is 608. The smallest absolute Gasteiger partial charge is 0.127 e. The molecule has 0 aliphatic heterocycles. The third-order valence-electron chi connectivity index (χ3n) is 3.89. The molecule has 0 saturated heterocycles. The van der Waals surface area contributed by atoms with Crippen LogP contribution in [0.25, 0.3) is 0 Å². The van der Waals surface area contributed by atoms with Gasteiger partial charge in [-0.15, -0.1) is 0 Å². The molecule has 3 N–H and O–H groups in total. The number of hydrazine groups is 1. The topological polar surface area (TPSA) is 47.3 Å². The van der Waals surface area contributed by atoms with Crippen LogP contribution in [0, 0.1) is 20.8 Å². The van der Waals surface area contributed by atoms with Gasteiger partial charge in [0.25, 0.3) is 0 Å². The molecule has 3 heteroatoms. The van der Waals surface area contributed by atoms with Crippen LogP contribution in [-0.2, 0) is 0 Å². The second-order valence-corrected chi connectivity index (χ2v) is 5.09.